The third kappa shape index (κ3) is 3.76. The fourth-order valence-corrected chi connectivity index (χ4v) is 2.97. The van der Waals surface area contributed by atoms with Gasteiger partial charge in [0, 0.05) is 31.0 Å². The third-order valence-corrected chi connectivity index (χ3v) is 4.44. The Bertz CT molecular complexity index is 570. The molecule has 7 heteroatoms. The zero-order valence-electron chi connectivity index (χ0n) is 13.2. The number of hydrogen-bond acceptors (Lipinski definition) is 3. The van der Waals surface area contributed by atoms with E-state index in [0.717, 1.165) is 30.8 Å². The highest BCUT2D eigenvalue weighted by molar-refractivity contribution is 5.96. The van der Waals surface area contributed by atoms with E-state index in [1.807, 2.05) is 31.2 Å². The first-order chi connectivity index (χ1) is 10.6. The van der Waals surface area contributed by atoms with Crippen molar-refractivity contribution in [3.05, 3.63) is 24.3 Å². The van der Waals surface area contributed by atoms with Crippen LogP contribution in [0, 0.1) is 5.41 Å². The molecule has 2 fully saturated rings. The molecule has 6 nitrogen and oxygen atoms in total. The van der Waals surface area contributed by atoms with Crippen molar-refractivity contribution in [3.63, 3.8) is 0 Å². The number of benzene rings is 1. The summed E-state index contributed by atoms with van der Waals surface area (Å²) in [6.45, 7) is 5.04. The van der Waals surface area contributed by atoms with Gasteiger partial charge in [0.25, 0.3) is 0 Å². The summed E-state index contributed by atoms with van der Waals surface area (Å²) in [5.74, 6) is 0.0476. The summed E-state index contributed by atoms with van der Waals surface area (Å²) in [5, 5.41) is 9.04. The average Bonchev–Trinajstić information content (AvgIpc) is 2.95. The van der Waals surface area contributed by atoms with Crippen LogP contribution in [0.5, 0.6) is 0 Å². The van der Waals surface area contributed by atoms with Crippen LogP contribution in [0.25, 0.3) is 0 Å². The monoisotopic (exact) mass is 338 g/mol. The lowest BCUT2D eigenvalue weighted by Crippen LogP contribution is -2.46. The molecule has 1 aromatic rings. The maximum absolute atomic E-state index is 12.5. The minimum absolute atomic E-state index is 0. The minimum Gasteiger partial charge on any atom is -0.336 e. The van der Waals surface area contributed by atoms with Gasteiger partial charge < -0.3 is 16.0 Å². The molecular formula is C16H23ClN4O2. The molecule has 3 amide bonds. The van der Waals surface area contributed by atoms with Gasteiger partial charge in [-0.25, -0.2) is 4.79 Å². The van der Waals surface area contributed by atoms with Crippen LogP contribution in [0.4, 0.5) is 16.2 Å². The molecule has 0 aliphatic carbocycles. The number of nitrogens with one attached hydrogen (secondary N) is 3. The summed E-state index contributed by atoms with van der Waals surface area (Å²) in [6.07, 6.45) is 1.92. The number of piperidine rings is 1. The van der Waals surface area contributed by atoms with Crippen molar-refractivity contribution in [1.29, 1.82) is 0 Å². The fourth-order valence-electron chi connectivity index (χ4n) is 2.97. The van der Waals surface area contributed by atoms with Gasteiger partial charge in [-0.3, -0.25) is 9.69 Å². The lowest BCUT2D eigenvalue weighted by atomic mass is 9.82. The molecule has 0 aromatic heterocycles. The van der Waals surface area contributed by atoms with E-state index in [9.17, 15) is 9.59 Å². The van der Waals surface area contributed by atoms with Gasteiger partial charge in [0.05, 0.1) is 5.41 Å². The number of urea groups is 1. The summed E-state index contributed by atoms with van der Waals surface area (Å²) < 4.78 is 0. The SMILES string of the molecule is CC1(C(=O)Nc2ccc(N3CCNC3=O)cc2)CCCNC1.Cl. The van der Waals surface area contributed by atoms with Crippen LogP contribution in [0.15, 0.2) is 24.3 Å². The largest absolute Gasteiger partial charge is 0.336 e. The van der Waals surface area contributed by atoms with Gasteiger partial charge in [-0.15, -0.1) is 12.4 Å². The number of amides is 3. The molecule has 1 unspecified atom stereocenters. The molecule has 2 heterocycles. The zero-order valence-corrected chi connectivity index (χ0v) is 14.0. The first-order valence-corrected chi connectivity index (χ1v) is 7.76. The zero-order chi connectivity index (χ0) is 15.6. The third-order valence-electron chi connectivity index (χ3n) is 4.44. The summed E-state index contributed by atoms with van der Waals surface area (Å²) in [7, 11) is 0. The van der Waals surface area contributed by atoms with Crippen molar-refractivity contribution >= 4 is 35.7 Å². The maximum atomic E-state index is 12.5. The molecule has 3 N–H and O–H groups in total. The molecule has 3 rings (SSSR count). The van der Waals surface area contributed by atoms with Gasteiger partial charge in [0.15, 0.2) is 0 Å². The molecule has 23 heavy (non-hydrogen) atoms. The van der Waals surface area contributed by atoms with Crippen LogP contribution >= 0.6 is 12.4 Å². The first-order valence-electron chi connectivity index (χ1n) is 7.76. The average molecular weight is 339 g/mol. The van der Waals surface area contributed by atoms with E-state index >= 15 is 0 Å². The number of nitrogens with zero attached hydrogens (tertiary/aromatic N) is 1. The Morgan fingerprint density at radius 2 is 2.00 bits per heavy atom. The highest BCUT2D eigenvalue weighted by atomic mass is 35.5. The fraction of sp³-hybridized carbons (Fsp3) is 0.500. The van der Waals surface area contributed by atoms with Crippen molar-refractivity contribution < 1.29 is 9.59 Å². The van der Waals surface area contributed by atoms with Crippen LogP contribution in [-0.4, -0.2) is 38.1 Å². The van der Waals surface area contributed by atoms with E-state index in [4.69, 9.17) is 0 Å². The first kappa shape index (κ1) is 17.6. The van der Waals surface area contributed by atoms with Gasteiger partial charge in [-0.05, 0) is 50.6 Å². The molecular weight excluding hydrogens is 316 g/mol. The van der Waals surface area contributed by atoms with Crippen molar-refractivity contribution in [2.75, 3.05) is 36.4 Å². The second-order valence-electron chi connectivity index (χ2n) is 6.23. The Balaban J connectivity index is 0.00000192. The molecule has 0 saturated carbocycles. The smallest absolute Gasteiger partial charge is 0.321 e. The molecule has 126 valence electrons. The van der Waals surface area contributed by atoms with Gasteiger partial charge >= 0.3 is 6.03 Å². The van der Waals surface area contributed by atoms with Crippen LogP contribution in [0.1, 0.15) is 19.8 Å². The second-order valence-corrected chi connectivity index (χ2v) is 6.23. The lowest BCUT2D eigenvalue weighted by molar-refractivity contribution is -0.125. The van der Waals surface area contributed by atoms with Crippen molar-refractivity contribution in [2.45, 2.75) is 19.8 Å². The number of anilines is 2. The Morgan fingerprint density at radius 3 is 2.57 bits per heavy atom. The Hall–Kier alpha value is -1.79. The molecule has 0 bridgehead atoms. The number of hydrogen-bond donors (Lipinski definition) is 3. The lowest BCUT2D eigenvalue weighted by Gasteiger charge is -2.32. The number of carbonyl (C=O) groups is 2. The quantitative estimate of drug-likeness (QED) is 0.789. The Morgan fingerprint density at radius 1 is 1.26 bits per heavy atom. The van der Waals surface area contributed by atoms with Crippen LogP contribution in [0.2, 0.25) is 0 Å². The number of halogens is 1. The van der Waals surface area contributed by atoms with E-state index in [2.05, 4.69) is 16.0 Å². The standard InChI is InChI=1S/C16H22N4O2.ClH/c1-16(7-2-8-17-11-16)14(21)19-12-3-5-13(6-4-12)20-10-9-18-15(20)22;/h3-6,17H,2,7-11H2,1H3,(H,18,22)(H,19,21);1H. The van der Waals surface area contributed by atoms with E-state index < -0.39 is 0 Å². The Labute approximate surface area is 142 Å². The van der Waals surface area contributed by atoms with Crippen LogP contribution in [0.3, 0.4) is 0 Å². The second kappa shape index (κ2) is 7.19. The van der Waals surface area contributed by atoms with Gasteiger partial charge in [-0.1, -0.05) is 0 Å². The van der Waals surface area contributed by atoms with Gasteiger partial charge in [0.1, 0.15) is 0 Å². The van der Waals surface area contributed by atoms with Crippen molar-refractivity contribution in [3.8, 4) is 0 Å². The van der Waals surface area contributed by atoms with E-state index in [-0.39, 0.29) is 29.8 Å². The summed E-state index contributed by atoms with van der Waals surface area (Å²) in [6, 6.07) is 7.35. The topological polar surface area (TPSA) is 73.5 Å². The van der Waals surface area contributed by atoms with Crippen molar-refractivity contribution in [2.24, 2.45) is 5.41 Å². The van der Waals surface area contributed by atoms with Gasteiger partial charge in [-0.2, -0.15) is 0 Å². The van der Waals surface area contributed by atoms with E-state index in [1.165, 1.54) is 0 Å². The Kier molecular flexibility index (Phi) is 5.49. The molecule has 2 saturated heterocycles. The predicted molar refractivity (Wildman–Crippen MR) is 93.3 cm³/mol. The minimum atomic E-state index is -0.355. The van der Waals surface area contributed by atoms with Crippen molar-refractivity contribution in [1.82, 2.24) is 10.6 Å². The number of carbonyl (C=O) groups excluding carboxylic acids is 2. The molecule has 0 spiro atoms. The molecule has 2 aliphatic heterocycles. The molecule has 2 aliphatic rings. The number of rotatable bonds is 3. The molecule has 0 radical (unpaired) electrons. The molecule has 1 aromatic carbocycles. The predicted octanol–water partition coefficient (Wildman–Crippen LogP) is 1.97. The van der Waals surface area contributed by atoms with Crippen LogP contribution in [-0.2, 0) is 4.79 Å². The van der Waals surface area contributed by atoms with E-state index in [1.54, 1.807) is 4.90 Å². The summed E-state index contributed by atoms with van der Waals surface area (Å²) in [5.41, 5.74) is 1.25. The molecule has 1 atom stereocenters. The summed E-state index contributed by atoms with van der Waals surface area (Å²) in [4.78, 5) is 25.8. The highest BCUT2D eigenvalue weighted by Gasteiger charge is 2.34. The summed E-state index contributed by atoms with van der Waals surface area (Å²) >= 11 is 0. The van der Waals surface area contributed by atoms with Gasteiger partial charge in [0.2, 0.25) is 5.91 Å². The van der Waals surface area contributed by atoms with E-state index in [0.29, 0.717) is 19.6 Å². The normalized spacial score (nSPS) is 23.9. The maximum Gasteiger partial charge on any atom is 0.321 e. The highest BCUT2D eigenvalue weighted by Crippen LogP contribution is 2.28. The van der Waals surface area contributed by atoms with Crippen LogP contribution < -0.4 is 20.9 Å².